The lowest BCUT2D eigenvalue weighted by Gasteiger charge is -2.37. The lowest BCUT2D eigenvalue weighted by molar-refractivity contribution is 0.106. The molecule has 1 aromatic heterocycles. The molecule has 0 saturated carbocycles. The van der Waals surface area contributed by atoms with Crippen molar-refractivity contribution in [1.82, 2.24) is 20.1 Å². The van der Waals surface area contributed by atoms with Crippen molar-refractivity contribution in [2.24, 2.45) is 0 Å². The Morgan fingerprint density at radius 2 is 2.37 bits per heavy atom. The first-order chi connectivity index (χ1) is 9.06. The van der Waals surface area contributed by atoms with E-state index in [1.165, 1.54) is 0 Å². The van der Waals surface area contributed by atoms with Crippen molar-refractivity contribution in [2.45, 2.75) is 38.4 Å². The topological polar surface area (TPSA) is 61.6 Å². The number of nitrogens with one attached hydrogen (secondary N) is 1. The van der Waals surface area contributed by atoms with Crippen LogP contribution in [-0.2, 0) is 0 Å². The first kappa shape index (κ1) is 12.5. The summed E-state index contributed by atoms with van der Waals surface area (Å²) < 4.78 is 5.60. The van der Waals surface area contributed by atoms with Crippen molar-refractivity contribution >= 4 is 6.03 Å². The van der Waals surface area contributed by atoms with E-state index in [2.05, 4.69) is 22.1 Å². The van der Waals surface area contributed by atoms with Crippen molar-refractivity contribution in [3.63, 3.8) is 0 Å². The zero-order valence-electron chi connectivity index (χ0n) is 11.6. The van der Waals surface area contributed by atoms with Crippen LogP contribution < -0.4 is 5.32 Å². The molecule has 0 spiro atoms. The highest BCUT2D eigenvalue weighted by Crippen LogP contribution is 2.27. The second-order valence-electron chi connectivity index (χ2n) is 5.50. The number of urea groups is 1. The summed E-state index contributed by atoms with van der Waals surface area (Å²) in [4.78, 5) is 20.1. The third kappa shape index (κ3) is 2.10. The zero-order chi connectivity index (χ0) is 13.6. The van der Waals surface area contributed by atoms with Gasteiger partial charge in [-0.2, -0.15) is 0 Å². The summed E-state index contributed by atoms with van der Waals surface area (Å²) in [5, 5.41) is 3.04. The number of hydrogen-bond acceptors (Lipinski definition) is 4. The molecule has 3 heterocycles. The van der Waals surface area contributed by atoms with Gasteiger partial charge in [0.25, 0.3) is 0 Å². The van der Waals surface area contributed by atoms with E-state index < -0.39 is 0 Å². The SMILES string of the molecule is Cc1cnc(C(C)N2CC[C@H]3[C@@H](C2)NC(=O)N3C)o1. The molecule has 1 N–H and O–H groups in total. The number of hydrogen-bond donors (Lipinski definition) is 1. The molecule has 3 rings (SSSR count). The highest BCUT2D eigenvalue weighted by Gasteiger charge is 2.41. The molecular weight excluding hydrogens is 244 g/mol. The standard InChI is InChI=1S/C13H20N4O2/c1-8-6-14-12(19-8)9(2)17-5-4-11-10(7-17)15-13(18)16(11)3/h6,9-11H,4-5,7H2,1-3H3,(H,15,18)/t9?,10-,11+/m1/s1. The number of piperidine rings is 1. The normalized spacial score (nSPS) is 29.2. The van der Waals surface area contributed by atoms with Crippen molar-refractivity contribution in [1.29, 1.82) is 0 Å². The fraction of sp³-hybridized carbons (Fsp3) is 0.692. The van der Waals surface area contributed by atoms with E-state index in [1.807, 2.05) is 18.9 Å². The van der Waals surface area contributed by atoms with Gasteiger partial charge in [0.05, 0.1) is 24.3 Å². The first-order valence-corrected chi connectivity index (χ1v) is 6.76. The Morgan fingerprint density at radius 1 is 1.58 bits per heavy atom. The number of aromatic nitrogens is 1. The van der Waals surface area contributed by atoms with Crippen LogP contribution in [0.4, 0.5) is 4.79 Å². The number of rotatable bonds is 2. The van der Waals surface area contributed by atoms with Crippen molar-refractivity contribution in [3.8, 4) is 0 Å². The van der Waals surface area contributed by atoms with E-state index in [1.54, 1.807) is 6.20 Å². The molecule has 2 aliphatic rings. The Morgan fingerprint density at radius 3 is 3.05 bits per heavy atom. The van der Waals surface area contributed by atoms with Gasteiger partial charge in [0, 0.05) is 20.1 Å². The van der Waals surface area contributed by atoms with Gasteiger partial charge in [0.1, 0.15) is 5.76 Å². The molecule has 3 atom stereocenters. The number of oxazole rings is 1. The minimum Gasteiger partial charge on any atom is -0.444 e. The summed E-state index contributed by atoms with van der Waals surface area (Å²) in [6, 6.07) is 0.723. The van der Waals surface area contributed by atoms with Crippen molar-refractivity contribution < 1.29 is 9.21 Å². The van der Waals surface area contributed by atoms with E-state index in [0.29, 0.717) is 6.04 Å². The van der Waals surface area contributed by atoms with E-state index >= 15 is 0 Å². The van der Waals surface area contributed by atoms with Crippen LogP contribution in [0.25, 0.3) is 0 Å². The monoisotopic (exact) mass is 264 g/mol. The van der Waals surface area contributed by atoms with Gasteiger partial charge in [0.2, 0.25) is 5.89 Å². The van der Waals surface area contributed by atoms with Crippen LogP contribution in [-0.4, -0.2) is 53.0 Å². The molecule has 0 radical (unpaired) electrons. The van der Waals surface area contributed by atoms with Crippen LogP contribution >= 0.6 is 0 Å². The average molecular weight is 264 g/mol. The number of fused-ring (bicyclic) bond motifs is 1. The maximum Gasteiger partial charge on any atom is 0.317 e. The quantitative estimate of drug-likeness (QED) is 0.870. The molecule has 104 valence electrons. The third-order valence-corrected chi connectivity index (χ3v) is 4.28. The maximum atomic E-state index is 11.7. The predicted octanol–water partition coefficient (Wildman–Crippen LogP) is 1.14. The zero-order valence-corrected chi connectivity index (χ0v) is 11.6. The van der Waals surface area contributed by atoms with E-state index in [-0.39, 0.29) is 18.1 Å². The smallest absolute Gasteiger partial charge is 0.317 e. The Kier molecular flexibility index (Phi) is 2.97. The predicted molar refractivity (Wildman–Crippen MR) is 69.7 cm³/mol. The average Bonchev–Trinajstić information content (AvgIpc) is 2.94. The lowest BCUT2D eigenvalue weighted by Crippen LogP contribution is -2.51. The molecule has 0 bridgehead atoms. The number of nitrogens with zero attached hydrogens (tertiary/aromatic N) is 3. The van der Waals surface area contributed by atoms with Crippen LogP contribution in [0.2, 0.25) is 0 Å². The Labute approximate surface area is 112 Å². The molecule has 0 aromatic carbocycles. The summed E-state index contributed by atoms with van der Waals surface area (Å²) in [6.07, 6.45) is 2.74. The summed E-state index contributed by atoms with van der Waals surface area (Å²) in [7, 11) is 1.87. The molecule has 19 heavy (non-hydrogen) atoms. The van der Waals surface area contributed by atoms with Crippen LogP contribution in [0.3, 0.4) is 0 Å². The summed E-state index contributed by atoms with van der Waals surface area (Å²) in [6.45, 7) is 5.82. The number of likely N-dealkylation sites (tertiary alicyclic amines) is 1. The van der Waals surface area contributed by atoms with E-state index in [4.69, 9.17) is 4.42 Å². The largest absolute Gasteiger partial charge is 0.444 e. The van der Waals surface area contributed by atoms with Gasteiger partial charge in [-0.25, -0.2) is 9.78 Å². The maximum absolute atomic E-state index is 11.7. The van der Waals surface area contributed by atoms with Crippen LogP contribution in [0.1, 0.15) is 31.0 Å². The molecule has 2 fully saturated rings. The highest BCUT2D eigenvalue weighted by atomic mass is 16.4. The molecule has 6 nitrogen and oxygen atoms in total. The third-order valence-electron chi connectivity index (χ3n) is 4.28. The van der Waals surface area contributed by atoms with Gasteiger partial charge in [0.15, 0.2) is 0 Å². The van der Waals surface area contributed by atoms with Gasteiger partial charge in [-0.3, -0.25) is 4.90 Å². The number of carbonyl (C=O) groups excluding carboxylic acids is 1. The van der Waals surface area contributed by atoms with Gasteiger partial charge >= 0.3 is 6.03 Å². The Bertz CT molecular complexity index is 487. The van der Waals surface area contributed by atoms with Gasteiger partial charge in [-0.1, -0.05) is 0 Å². The van der Waals surface area contributed by atoms with E-state index in [9.17, 15) is 4.79 Å². The molecular formula is C13H20N4O2. The van der Waals surface area contributed by atoms with Crippen LogP contribution in [0.5, 0.6) is 0 Å². The van der Waals surface area contributed by atoms with Gasteiger partial charge in [-0.15, -0.1) is 0 Å². The van der Waals surface area contributed by atoms with Crippen molar-refractivity contribution in [3.05, 3.63) is 17.8 Å². The van der Waals surface area contributed by atoms with E-state index in [0.717, 1.165) is 31.2 Å². The Balaban J connectivity index is 1.70. The fourth-order valence-corrected chi connectivity index (χ4v) is 3.05. The second-order valence-corrected chi connectivity index (χ2v) is 5.50. The summed E-state index contributed by atoms with van der Waals surface area (Å²) in [5.74, 6) is 1.60. The van der Waals surface area contributed by atoms with Crippen molar-refractivity contribution in [2.75, 3.05) is 20.1 Å². The van der Waals surface area contributed by atoms with Gasteiger partial charge in [-0.05, 0) is 20.3 Å². The summed E-state index contributed by atoms with van der Waals surface area (Å²) >= 11 is 0. The molecule has 6 heteroatoms. The number of aryl methyl sites for hydroxylation is 1. The van der Waals surface area contributed by atoms with Crippen LogP contribution in [0.15, 0.2) is 10.6 Å². The summed E-state index contributed by atoms with van der Waals surface area (Å²) in [5.41, 5.74) is 0. The first-order valence-electron chi connectivity index (χ1n) is 6.76. The molecule has 2 saturated heterocycles. The highest BCUT2D eigenvalue weighted by molar-refractivity contribution is 5.77. The number of amides is 2. The van der Waals surface area contributed by atoms with Crippen LogP contribution in [0, 0.1) is 6.92 Å². The van der Waals surface area contributed by atoms with Gasteiger partial charge < -0.3 is 14.6 Å². The fourth-order valence-electron chi connectivity index (χ4n) is 3.05. The second kappa shape index (κ2) is 4.52. The minimum atomic E-state index is 0.0384. The molecule has 1 aromatic rings. The lowest BCUT2D eigenvalue weighted by atomic mass is 9.99. The number of carbonyl (C=O) groups is 1. The molecule has 1 unspecified atom stereocenters. The number of likely N-dealkylation sites (N-methyl/N-ethyl adjacent to an activating group) is 1. The Hall–Kier alpha value is -1.56. The molecule has 0 aliphatic carbocycles. The minimum absolute atomic E-state index is 0.0384. The molecule has 2 aliphatic heterocycles. The molecule has 2 amide bonds.